The zero-order valence-corrected chi connectivity index (χ0v) is 35.3. The van der Waals surface area contributed by atoms with Crippen LogP contribution in [0.5, 0.6) is 0 Å². The van der Waals surface area contributed by atoms with Crippen molar-refractivity contribution < 1.29 is 0 Å². The Balaban J connectivity index is 1.01. The Bertz CT molecular complexity index is 3330. The van der Waals surface area contributed by atoms with E-state index < -0.39 is 0 Å². The van der Waals surface area contributed by atoms with Crippen molar-refractivity contribution >= 4 is 55.9 Å². The lowest BCUT2D eigenvalue weighted by Gasteiger charge is -2.38. The largest absolute Gasteiger partial charge is 0.314 e. The Morgan fingerprint density at radius 1 is 0.500 bits per heavy atom. The second-order valence-electron chi connectivity index (χ2n) is 18.3. The zero-order valence-electron chi connectivity index (χ0n) is 35.3. The number of aromatic nitrogens is 1. The third kappa shape index (κ3) is 5.24. The van der Waals surface area contributed by atoms with Crippen LogP contribution in [0.4, 0.5) is 28.4 Å². The van der Waals surface area contributed by atoms with Gasteiger partial charge in [-0.05, 0) is 154 Å². The van der Waals surface area contributed by atoms with E-state index in [0.29, 0.717) is 0 Å². The normalized spacial score (nSPS) is 16.8. The van der Waals surface area contributed by atoms with E-state index in [2.05, 4.69) is 204 Å². The molecule has 0 atom stereocenters. The van der Waals surface area contributed by atoms with Gasteiger partial charge in [0.2, 0.25) is 0 Å². The topological polar surface area (TPSA) is 11.4 Å². The van der Waals surface area contributed by atoms with Gasteiger partial charge in [-0.3, -0.25) is 0 Å². The van der Waals surface area contributed by atoms with E-state index in [0.717, 1.165) is 38.5 Å². The highest BCUT2D eigenvalue weighted by Crippen LogP contribution is 2.53. The maximum atomic E-state index is 2.60. The highest BCUT2D eigenvalue weighted by molar-refractivity contribution is 6.15. The van der Waals surface area contributed by atoms with Crippen LogP contribution in [0.2, 0.25) is 0 Å². The van der Waals surface area contributed by atoms with Crippen LogP contribution >= 0.6 is 0 Å². The summed E-state index contributed by atoms with van der Waals surface area (Å²) in [7, 11) is 0. The van der Waals surface area contributed by atoms with E-state index in [1.807, 2.05) is 0 Å². The van der Waals surface area contributed by atoms with Crippen LogP contribution in [0.1, 0.15) is 67.3 Å². The molecular formula is C59H47N3. The first-order valence-electron chi connectivity index (χ1n) is 22.5. The molecule has 0 saturated heterocycles. The van der Waals surface area contributed by atoms with Crippen LogP contribution in [0.15, 0.2) is 187 Å². The monoisotopic (exact) mass is 797 g/mol. The first-order chi connectivity index (χ1) is 30.5. The quantitative estimate of drug-likeness (QED) is 0.176. The average Bonchev–Trinajstić information content (AvgIpc) is 3.65. The molecular weight excluding hydrogens is 751 g/mol. The number of para-hydroxylation sites is 3. The van der Waals surface area contributed by atoms with Crippen LogP contribution in [0.25, 0.3) is 49.8 Å². The molecule has 2 aliphatic carbocycles. The zero-order chi connectivity index (χ0) is 41.1. The summed E-state index contributed by atoms with van der Waals surface area (Å²) >= 11 is 0. The maximum absolute atomic E-state index is 2.60. The molecule has 8 aromatic rings. The van der Waals surface area contributed by atoms with Gasteiger partial charge in [0, 0.05) is 63.2 Å². The summed E-state index contributed by atoms with van der Waals surface area (Å²) < 4.78 is 2.60. The SMILES string of the molecule is CC1(C)C2=C(C=CCC2)n2c3ccc(-c4ccc5c(c4)N(C4=CC=CCC4)c4ccccc4C5)cc3c3cc(-c4ccc5c(c4)N(c4ccccc4)c4ccccc4C5)cc1c32. The highest BCUT2D eigenvalue weighted by Gasteiger charge is 2.38. The minimum Gasteiger partial charge on any atom is -0.314 e. The standard InChI is InChI=1S/C59H47N3/c1-59(2)50-21-11-14-24-55(50)62-54-30-29-38(39-25-27-43-31-41-15-9-12-22-52(41)60(56(43)36-39)46-17-5-3-6-18-46)33-48(54)49-34-45(35-51(59)58(49)62)40-26-28-44-32-42-16-10-13-23-53(42)61(57(44)37-40)47-19-7-4-8-20-47/h3-5,7-10,12-17,19-20,22-30,33-37H,6,11,18,21,31-32H2,1-2H3. The average molecular weight is 798 g/mol. The minimum atomic E-state index is -0.119. The fraction of sp³-hybridized carbons (Fsp3) is 0.153. The van der Waals surface area contributed by atoms with Crippen LogP contribution in [-0.2, 0) is 18.3 Å². The molecule has 0 saturated carbocycles. The predicted octanol–water partition coefficient (Wildman–Crippen LogP) is 15.6. The van der Waals surface area contributed by atoms with Gasteiger partial charge in [0.1, 0.15) is 0 Å². The summed E-state index contributed by atoms with van der Waals surface area (Å²) in [4.78, 5) is 5.00. The lowest BCUT2D eigenvalue weighted by Crippen LogP contribution is -2.28. The Morgan fingerprint density at radius 3 is 1.85 bits per heavy atom. The molecule has 3 heteroatoms. The van der Waals surface area contributed by atoms with Gasteiger partial charge in [-0.15, -0.1) is 0 Å². The lowest BCUT2D eigenvalue weighted by molar-refractivity contribution is 0.585. The van der Waals surface area contributed by atoms with Crippen LogP contribution in [0, 0.1) is 0 Å². The summed E-state index contributed by atoms with van der Waals surface area (Å²) in [6.07, 6.45) is 17.7. The van der Waals surface area contributed by atoms with Gasteiger partial charge in [-0.25, -0.2) is 0 Å². The van der Waals surface area contributed by atoms with Crippen LogP contribution < -0.4 is 9.80 Å². The molecule has 0 unspecified atom stereocenters. The van der Waals surface area contributed by atoms with Crippen LogP contribution in [0.3, 0.4) is 0 Å². The molecule has 7 aromatic carbocycles. The predicted molar refractivity (Wildman–Crippen MR) is 260 cm³/mol. The molecule has 3 aliphatic heterocycles. The molecule has 298 valence electrons. The summed E-state index contributed by atoms with van der Waals surface area (Å²) in [6, 6.07) is 55.4. The van der Waals surface area contributed by atoms with Gasteiger partial charge >= 0.3 is 0 Å². The van der Waals surface area contributed by atoms with Crippen molar-refractivity contribution in [1.29, 1.82) is 0 Å². The van der Waals surface area contributed by atoms with Gasteiger partial charge in [0.25, 0.3) is 0 Å². The molecule has 62 heavy (non-hydrogen) atoms. The first-order valence-corrected chi connectivity index (χ1v) is 22.5. The molecule has 0 N–H and O–H groups in total. The van der Waals surface area contributed by atoms with Crippen molar-refractivity contribution in [2.45, 2.75) is 57.8 Å². The van der Waals surface area contributed by atoms with E-state index in [1.165, 1.54) is 117 Å². The second-order valence-corrected chi connectivity index (χ2v) is 18.3. The van der Waals surface area contributed by atoms with Gasteiger partial charge in [-0.1, -0.05) is 117 Å². The van der Waals surface area contributed by atoms with Gasteiger partial charge in [0.05, 0.1) is 16.7 Å². The number of fused-ring (bicyclic) bond motifs is 8. The van der Waals surface area contributed by atoms with E-state index in [9.17, 15) is 0 Å². The third-order valence-electron chi connectivity index (χ3n) is 14.5. The van der Waals surface area contributed by atoms with Crippen molar-refractivity contribution in [2.24, 2.45) is 0 Å². The Kier molecular flexibility index (Phi) is 7.73. The number of allylic oxidation sites excluding steroid dienone is 8. The van der Waals surface area contributed by atoms with Gasteiger partial charge in [-0.2, -0.15) is 0 Å². The molecule has 0 amide bonds. The van der Waals surface area contributed by atoms with Gasteiger partial charge < -0.3 is 14.4 Å². The van der Waals surface area contributed by atoms with Crippen molar-refractivity contribution in [3.8, 4) is 22.3 Å². The molecule has 4 heterocycles. The highest BCUT2D eigenvalue weighted by atomic mass is 15.2. The number of benzene rings is 7. The molecule has 1 aromatic heterocycles. The van der Waals surface area contributed by atoms with E-state index >= 15 is 0 Å². The number of hydrogen-bond acceptors (Lipinski definition) is 2. The third-order valence-corrected chi connectivity index (χ3v) is 14.5. The number of hydrogen-bond donors (Lipinski definition) is 0. The molecule has 5 aliphatic rings. The maximum Gasteiger partial charge on any atom is 0.0582 e. The molecule has 0 bridgehead atoms. The van der Waals surface area contributed by atoms with E-state index in [-0.39, 0.29) is 5.41 Å². The fourth-order valence-corrected chi connectivity index (χ4v) is 11.4. The van der Waals surface area contributed by atoms with E-state index in [1.54, 1.807) is 0 Å². The van der Waals surface area contributed by atoms with Crippen molar-refractivity contribution in [3.05, 3.63) is 215 Å². The fourth-order valence-electron chi connectivity index (χ4n) is 11.4. The number of rotatable bonds is 4. The summed E-state index contributed by atoms with van der Waals surface area (Å²) in [5.41, 5.74) is 25.0. The minimum absolute atomic E-state index is 0.119. The van der Waals surface area contributed by atoms with Crippen molar-refractivity contribution in [1.82, 2.24) is 4.57 Å². The second kappa shape index (κ2) is 13.4. The number of anilines is 5. The summed E-state index contributed by atoms with van der Waals surface area (Å²) in [5, 5.41) is 2.63. The smallest absolute Gasteiger partial charge is 0.0582 e. The summed E-state index contributed by atoms with van der Waals surface area (Å²) in [5.74, 6) is 0. The lowest BCUT2D eigenvalue weighted by atomic mass is 9.71. The molecule has 0 spiro atoms. The molecule has 13 rings (SSSR count). The van der Waals surface area contributed by atoms with Crippen molar-refractivity contribution in [2.75, 3.05) is 9.80 Å². The molecule has 0 fully saturated rings. The Morgan fingerprint density at radius 2 is 1.11 bits per heavy atom. The Labute approximate surface area is 363 Å². The molecule has 3 nitrogen and oxygen atoms in total. The Hall–Kier alpha value is -7.10. The van der Waals surface area contributed by atoms with Crippen molar-refractivity contribution in [3.63, 3.8) is 0 Å². The van der Waals surface area contributed by atoms with Gasteiger partial charge in [0.15, 0.2) is 0 Å². The summed E-state index contributed by atoms with van der Waals surface area (Å²) in [6.45, 7) is 4.92. The molecule has 0 radical (unpaired) electrons. The first kappa shape index (κ1) is 35.6. The van der Waals surface area contributed by atoms with E-state index in [4.69, 9.17) is 0 Å². The van der Waals surface area contributed by atoms with Crippen LogP contribution in [-0.4, -0.2) is 4.57 Å². The number of nitrogens with zero attached hydrogens (tertiary/aromatic N) is 3.